The molecule has 0 amide bonds. The third-order valence-corrected chi connectivity index (χ3v) is 4.87. The number of hydrogen-bond acceptors (Lipinski definition) is 3. The Morgan fingerprint density at radius 1 is 0.765 bits per heavy atom. The lowest BCUT2D eigenvalue weighted by molar-refractivity contribution is 0.384. The highest BCUT2D eigenvalue weighted by Gasteiger charge is 2.09. The summed E-state index contributed by atoms with van der Waals surface area (Å²) in [5, 5.41) is 7.31. The molecule has 2 aromatic carbocycles. The molecule has 0 radical (unpaired) electrons. The molecule has 0 saturated carbocycles. The smallest absolute Gasteiger partial charge is 0.125 e. The van der Waals surface area contributed by atoms with Crippen molar-refractivity contribution in [1.29, 1.82) is 5.41 Å². The summed E-state index contributed by atoms with van der Waals surface area (Å²) >= 11 is 0. The average molecular weight is 489 g/mol. The maximum Gasteiger partial charge on any atom is 0.125 e. The molecule has 0 bridgehead atoms. The van der Waals surface area contributed by atoms with E-state index in [2.05, 4.69) is 65.6 Å². The van der Waals surface area contributed by atoms with Crippen LogP contribution in [0.4, 0.5) is 0 Å². The van der Waals surface area contributed by atoms with Crippen molar-refractivity contribution >= 4 is 24.0 Å². The van der Waals surface area contributed by atoms with E-state index in [1.165, 1.54) is 11.1 Å². The van der Waals surface area contributed by atoms with Crippen molar-refractivity contribution in [3.63, 3.8) is 0 Å². The maximum atomic E-state index is 7.31. The van der Waals surface area contributed by atoms with E-state index in [4.69, 9.17) is 16.9 Å². The van der Waals surface area contributed by atoms with Crippen LogP contribution < -0.4 is 11.5 Å². The molecular weight excluding hydrogens is 440 g/mol. The Bertz CT molecular complexity index is 840. The lowest BCUT2D eigenvalue weighted by Gasteiger charge is -2.16. The highest BCUT2D eigenvalue weighted by molar-refractivity contribution is 5.97. The first-order valence-corrected chi connectivity index (χ1v) is 11.8. The number of nitrogens with one attached hydrogen (secondary N) is 1. The summed E-state index contributed by atoms with van der Waals surface area (Å²) in [4.78, 5) is 4.40. The Morgan fingerprint density at radius 3 is 1.44 bits per heavy atom. The van der Waals surface area contributed by atoms with Gasteiger partial charge >= 0.3 is 0 Å². The molecule has 0 atom stereocenters. The van der Waals surface area contributed by atoms with E-state index in [1.807, 2.05) is 43.3 Å². The highest BCUT2D eigenvalue weighted by atomic mass is 35.5. The standard InChI is InChI=1S/C14H22N2.C9H11N.C6H15N.ClH/c1-11-5-7-12(8-6-11)13(15)16-10-9-14(2,3)4;1-7-3-5-9(6-4-7)8(2)10;1-6(2,3)4-5-7;/h5-8H,9-10H2,1-4H3,(H2,15,16);3-6,10H,1-2H3;4-5,7H2,1-3H3;1H. The van der Waals surface area contributed by atoms with Gasteiger partial charge in [0.1, 0.15) is 5.84 Å². The Hall–Kier alpha value is -2.17. The number of nitrogens with two attached hydrogens (primary N) is 2. The minimum Gasteiger partial charge on any atom is -0.384 e. The molecule has 2 rings (SSSR count). The number of amidine groups is 1. The van der Waals surface area contributed by atoms with Crippen molar-refractivity contribution in [3.8, 4) is 0 Å². The molecule has 0 saturated heterocycles. The quantitative estimate of drug-likeness (QED) is 0.304. The van der Waals surface area contributed by atoms with Gasteiger partial charge < -0.3 is 16.9 Å². The minimum absolute atomic E-state index is 0. The van der Waals surface area contributed by atoms with Gasteiger partial charge in [-0.25, -0.2) is 0 Å². The van der Waals surface area contributed by atoms with Gasteiger partial charge in [-0.1, -0.05) is 101 Å². The molecule has 34 heavy (non-hydrogen) atoms. The van der Waals surface area contributed by atoms with E-state index in [1.54, 1.807) is 6.92 Å². The maximum absolute atomic E-state index is 7.31. The monoisotopic (exact) mass is 488 g/mol. The second-order valence-electron chi connectivity index (χ2n) is 11.0. The van der Waals surface area contributed by atoms with Crippen molar-refractivity contribution in [2.45, 2.75) is 75.2 Å². The van der Waals surface area contributed by atoms with Crippen LogP contribution >= 0.6 is 12.4 Å². The van der Waals surface area contributed by atoms with Crippen molar-refractivity contribution in [2.75, 3.05) is 13.1 Å². The van der Waals surface area contributed by atoms with Crippen LogP contribution in [-0.4, -0.2) is 24.6 Å². The van der Waals surface area contributed by atoms with Gasteiger partial charge in [-0.2, -0.15) is 0 Å². The number of halogens is 1. The summed E-state index contributed by atoms with van der Waals surface area (Å²) < 4.78 is 0. The van der Waals surface area contributed by atoms with Crippen LogP contribution in [0.3, 0.4) is 0 Å². The molecule has 192 valence electrons. The number of aliphatic imine (C=N–C) groups is 1. The molecule has 0 heterocycles. The molecule has 4 nitrogen and oxygen atoms in total. The van der Waals surface area contributed by atoms with Gasteiger partial charge in [0.15, 0.2) is 0 Å². The van der Waals surface area contributed by atoms with Crippen LogP contribution in [0.25, 0.3) is 0 Å². The molecule has 0 aliphatic heterocycles. The van der Waals surface area contributed by atoms with E-state index in [-0.39, 0.29) is 12.4 Å². The third kappa shape index (κ3) is 18.3. The zero-order valence-electron chi connectivity index (χ0n) is 23.0. The van der Waals surface area contributed by atoms with Crippen LogP contribution in [0.15, 0.2) is 53.5 Å². The van der Waals surface area contributed by atoms with Gasteiger partial charge in [0.25, 0.3) is 0 Å². The molecule has 0 aromatic heterocycles. The van der Waals surface area contributed by atoms with Crippen molar-refractivity contribution < 1.29 is 0 Å². The summed E-state index contributed by atoms with van der Waals surface area (Å²) in [7, 11) is 0. The number of nitrogens with zero attached hydrogens (tertiary/aromatic N) is 1. The van der Waals surface area contributed by atoms with Gasteiger partial charge in [-0.15, -0.1) is 12.4 Å². The number of aryl methyl sites for hydroxylation is 2. The molecule has 0 unspecified atom stereocenters. The minimum atomic E-state index is 0. The molecule has 5 heteroatoms. The van der Waals surface area contributed by atoms with Crippen LogP contribution in [0.1, 0.15) is 83.6 Å². The fraction of sp³-hybridized carbons (Fsp3) is 0.517. The zero-order valence-corrected chi connectivity index (χ0v) is 23.8. The molecular formula is C29H49ClN4. The first-order chi connectivity index (χ1) is 15.1. The Labute approximate surface area is 215 Å². The summed E-state index contributed by atoms with van der Waals surface area (Å²) in [5.41, 5.74) is 17.1. The number of rotatable bonds is 5. The zero-order chi connectivity index (χ0) is 25.7. The van der Waals surface area contributed by atoms with Gasteiger partial charge in [-0.3, -0.25) is 4.99 Å². The van der Waals surface area contributed by atoms with E-state index in [0.29, 0.717) is 22.4 Å². The molecule has 2 aromatic rings. The molecule has 0 fully saturated rings. The predicted octanol–water partition coefficient (Wildman–Crippen LogP) is 7.32. The van der Waals surface area contributed by atoms with E-state index >= 15 is 0 Å². The van der Waals surface area contributed by atoms with Crippen LogP contribution in [0, 0.1) is 30.1 Å². The molecule has 0 aliphatic carbocycles. The normalized spacial score (nSPS) is 11.3. The van der Waals surface area contributed by atoms with Gasteiger partial charge in [0.05, 0.1) is 0 Å². The van der Waals surface area contributed by atoms with Crippen LogP contribution in [-0.2, 0) is 0 Å². The van der Waals surface area contributed by atoms with Crippen LogP contribution in [0.2, 0.25) is 0 Å². The predicted molar refractivity (Wildman–Crippen MR) is 155 cm³/mol. The lowest BCUT2D eigenvalue weighted by Crippen LogP contribution is -2.15. The molecule has 0 aliphatic rings. The summed E-state index contributed by atoms with van der Waals surface area (Å²) in [6, 6.07) is 16.1. The third-order valence-electron chi connectivity index (χ3n) is 4.87. The van der Waals surface area contributed by atoms with Gasteiger partial charge in [0.2, 0.25) is 0 Å². The summed E-state index contributed by atoms with van der Waals surface area (Å²) in [6.07, 6.45) is 2.17. The first-order valence-electron chi connectivity index (χ1n) is 11.8. The van der Waals surface area contributed by atoms with Gasteiger partial charge in [-0.05, 0) is 56.6 Å². The second-order valence-corrected chi connectivity index (χ2v) is 11.0. The van der Waals surface area contributed by atoms with E-state index < -0.39 is 0 Å². The van der Waals surface area contributed by atoms with Crippen molar-refractivity contribution in [1.82, 2.24) is 0 Å². The average Bonchev–Trinajstić information content (AvgIpc) is 2.68. The summed E-state index contributed by atoms with van der Waals surface area (Å²) in [6.45, 7) is 20.7. The van der Waals surface area contributed by atoms with Crippen molar-refractivity contribution in [2.24, 2.45) is 27.3 Å². The Morgan fingerprint density at radius 2 is 1.15 bits per heavy atom. The highest BCUT2D eigenvalue weighted by Crippen LogP contribution is 2.18. The first kappa shape index (κ1) is 34.0. The Kier molecular flexibility index (Phi) is 16.5. The van der Waals surface area contributed by atoms with Crippen molar-refractivity contribution in [3.05, 3.63) is 70.8 Å². The largest absolute Gasteiger partial charge is 0.384 e. The topological polar surface area (TPSA) is 88.2 Å². The molecule has 5 N–H and O–H groups in total. The SMILES string of the molecule is CC(=N)c1ccc(C)cc1.CC(C)(C)CCN.Cc1ccc(C(N)=NCCC(C)(C)C)cc1.Cl. The van der Waals surface area contributed by atoms with E-state index in [9.17, 15) is 0 Å². The lowest BCUT2D eigenvalue weighted by atomic mass is 9.92. The van der Waals surface area contributed by atoms with Gasteiger partial charge in [0, 0.05) is 17.8 Å². The molecule has 0 spiro atoms. The number of benzene rings is 2. The van der Waals surface area contributed by atoms with E-state index in [0.717, 1.165) is 37.1 Å². The Balaban J connectivity index is 0. The summed E-state index contributed by atoms with van der Waals surface area (Å²) in [5.74, 6) is 0.643. The number of hydrogen-bond donors (Lipinski definition) is 3. The fourth-order valence-electron chi connectivity index (χ4n) is 2.56. The fourth-order valence-corrected chi connectivity index (χ4v) is 2.56. The van der Waals surface area contributed by atoms with Crippen LogP contribution in [0.5, 0.6) is 0 Å². The second kappa shape index (κ2) is 16.5.